The van der Waals surface area contributed by atoms with Crippen molar-refractivity contribution < 1.29 is 4.79 Å². The second-order valence-corrected chi connectivity index (χ2v) is 2.38. The number of carbonyl (C=O) groups excluding carboxylic acids is 1. The molecule has 0 amide bonds. The largest absolute Gasteiger partial charge is 0.298 e. The average molecular weight is 173 g/mol. The fourth-order valence-electron chi connectivity index (χ4n) is 0.758. The van der Waals surface area contributed by atoms with E-state index in [-0.39, 0.29) is 0 Å². The maximum Gasteiger partial charge on any atom is 0.151 e. The molecule has 0 bridgehead atoms. The normalized spacial score (nSPS) is 15.5. The van der Waals surface area contributed by atoms with E-state index in [0.29, 0.717) is 10.6 Å². The van der Waals surface area contributed by atoms with Gasteiger partial charge in [-0.15, -0.1) is 0 Å². The molecule has 2 heteroatoms. The summed E-state index contributed by atoms with van der Waals surface area (Å²) >= 11 is 5.68. The van der Waals surface area contributed by atoms with Crippen molar-refractivity contribution in [2.45, 2.75) is 26.7 Å². The number of rotatable bonds is 1. The zero-order valence-corrected chi connectivity index (χ0v) is 7.69. The molecule has 1 nitrogen and oxygen atoms in total. The summed E-state index contributed by atoms with van der Waals surface area (Å²) in [5.41, 5.74) is 0.628. The monoisotopic (exact) mass is 172 g/mol. The first-order valence-corrected chi connectivity index (χ1v) is 4.23. The number of halogens is 1. The molecule has 1 aliphatic carbocycles. The van der Waals surface area contributed by atoms with Crippen molar-refractivity contribution in [3.63, 3.8) is 0 Å². The summed E-state index contributed by atoms with van der Waals surface area (Å²) < 4.78 is 0. The Morgan fingerprint density at radius 3 is 2.55 bits per heavy atom. The number of allylic oxidation sites excluding steroid dienone is 4. The van der Waals surface area contributed by atoms with Crippen LogP contribution in [0.1, 0.15) is 26.7 Å². The summed E-state index contributed by atoms with van der Waals surface area (Å²) in [7, 11) is 0. The van der Waals surface area contributed by atoms with Crippen molar-refractivity contribution in [1.29, 1.82) is 0 Å². The molecule has 0 aromatic carbocycles. The summed E-state index contributed by atoms with van der Waals surface area (Å²) in [5.74, 6) is 0. The van der Waals surface area contributed by atoms with Crippen molar-refractivity contribution in [1.82, 2.24) is 0 Å². The van der Waals surface area contributed by atoms with E-state index < -0.39 is 0 Å². The van der Waals surface area contributed by atoms with Crippen LogP contribution in [-0.4, -0.2) is 6.29 Å². The molecule has 0 saturated carbocycles. The Balaban J connectivity index is 0.000000461. The van der Waals surface area contributed by atoms with Crippen LogP contribution in [0.2, 0.25) is 0 Å². The zero-order chi connectivity index (χ0) is 8.69. The average Bonchev–Trinajstić information content (AvgIpc) is 2.09. The van der Waals surface area contributed by atoms with Gasteiger partial charge < -0.3 is 0 Å². The van der Waals surface area contributed by atoms with Gasteiger partial charge in [-0.05, 0) is 12.8 Å². The second kappa shape index (κ2) is 6.17. The molecule has 0 N–H and O–H groups in total. The predicted octanol–water partition coefficient (Wildman–Crippen LogP) is 3.05. The minimum atomic E-state index is 0.628. The first-order valence-electron chi connectivity index (χ1n) is 3.85. The van der Waals surface area contributed by atoms with Crippen molar-refractivity contribution in [2.75, 3.05) is 0 Å². The summed E-state index contributed by atoms with van der Waals surface area (Å²) in [6.07, 6.45) is 6.27. The van der Waals surface area contributed by atoms with Gasteiger partial charge in [-0.3, -0.25) is 4.79 Å². The summed E-state index contributed by atoms with van der Waals surface area (Å²) in [5, 5.41) is 0.688. The Bertz CT molecular complexity index is 180. The Morgan fingerprint density at radius 2 is 2.18 bits per heavy atom. The quantitative estimate of drug-likeness (QED) is 0.556. The molecule has 62 valence electrons. The first kappa shape index (κ1) is 10.4. The van der Waals surface area contributed by atoms with Gasteiger partial charge in [-0.1, -0.05) is 37.6 Å². The minimum Gasteiger partial charge on any atom is -0.298 e. The van der Waals surface area contributed by atoms with Gasteiger partial charge in [-0.25, -0.2) is 0 Å². The lowest BCUT2D eigenvalue weighted by Crippen LogP contribution is -1.89. The van der Waals surface area contributed by atoms with E-state index in [1.165, 1.54) is 0 Å². The summed E-state index contributed by atoms with van der Waals surface area (Å²) in [4.78, 5) is 10.2. The molecule has 11 heavy (non-hydrogen) atoms. The van der Waals surface area contributed by atoms with Gasteiger partial charge in [0, 0.05) is 10.6 Å². The fraction of sp³-hybridized carbons (Fsp3) is 0.444. The smallest absolute Gasteiger partial charge is 0.151 e. The third kappa shape index (κ3) is 3.38. The molecular formula is C9H13ClO. The van der Waals surface area contributed by atoms with Crippen LogP contribution in [-0.2, 0) is 4.79 Å². The highest BCUT2D eigenvalue weighted by Crippen LogP contribution is 2.20. The number of hydrogen-bond acceptors (Lipinski definition) is 1. The molecule has 0 spiro atoms. The standard InChI is InChI=1S/C7H7ClO.C2H6/c8-7-4-2-1-3-6(7)5-9;1-2/h1,3,5H,2,4H2;1-2H3. The van der Waals surface area contributed by atoms with Crippen LogP contribution in [0.5, 0.6) is 0 Å². The highest BCUT2D eigenvalue weighted by molar-refractivity contribution is 6.31. The molecule has 0 saturated heterocycles. The van der Waals surface area contributed by atoms with Crippen LogP contribution in [0.3, 0.4) is 0 Å². The van der Waals surface area contributed by atoms with Crippen LogP contribution in [0.15, 0.2) is 22.8 Å². The van der Waals surface area contributed by atoms with Crippen LogP contribution < -0.4 is 0 Å². The molecule has 1 rings (SSSR count). The number of carbonyl (C=O) groups is 1. The fourth-order valence-corrected chi connectivity index (χ4v) is 0.975. The zero-order valence-electron chi connectivity index (χ0n) is 6.93. The molecule has 0 aliphatic heterocycles. The van der Waals surface area contributed by atoms with E-state index in [0.717, 1.165) is 19.1 Å². The van der Waals surface area contributed by atoms with Crippen molar-refractivity contribution in [3.8, 4) is 0 Å². The van der Waals surface area contributed by atoms with E-state index in [4.69, 9.17) is 11.6 Å². The van der Waals surface area contributed by atoms with Gasteiger partial charge in [0.1, 0.15) is 0 Å². The molecule has 0 heterocycles. The summed E-state index contributed by atoms with van der Waals surface area (Å²) in [6.45, 7) is 4.00. The number of aldehydes is 1. The van der Waals surface area contributed by atoms with Gasteiger partial charge in [-0.2, -0.15) is 0 Å². The molecule has 1 aliphatic rings. The van der Waals surface area contributed by atoms with E-state index in [1.807, 2.05) is 19.9 Å². The molecule has 0 aromatic heterocycles. The van der Waals surface area contributed by atoms with Gasteiger partial charge in [0.25, 0.3) is 0 Å². The van der Waals surface area contributed by atoms with E-state index in [1.54, 1.807) is 6.08 Å². The van der Waals surface area contributed by atoms with Crippen LogP contribution in [0.4, 0.5) is 0 Å². The molecule has 0 unspecified atom stereocenters. The molecule has 0 radical (unpaired) electrons. The van der Waals surface area contributed by atoms with Crippen LogP contribution >= 0.6 is 11.6 Å². The Morgan fingerprint density at radius 1 is 1.55 bits per heavy atom. The second-order valence-electron chi connectivity index (χ2n) is 1.92. The van der Waals surface area contributed by atoms with Gasteiger partial charge in [0.05, 0.1) is 0 Å². The molecule has 0 atom stereocenters. The highest BCUT2D eigenvalue weighted by Gasteiger charge is 2.02. The van der Waals surface area contributed by atoms with Gasteiger partial charge in [0.2, 0.25) is 0 Å². The number of hydrogen-bond donors (Lipinski definition) is 0. The topological polar surface area (TPSA) is 17.1 Å². The van der Waals surface area contributed by atoms with Crippen molar-refractivity contribution >= 4 is 17.9 Å². The van der Waals surface area contributed by atoms with Gasteiger partial charge in [0.15, 0.2) is 6.29 Å². The third-order valence-corrected chi connectivity index (χ3v) is 1.68. The SMILES string of the molecule is CC.O=CC1=C(Cl)CCC=C1. The minimum absolute atomic E-state index is 0.628. The maximum atomic E-state index is 10.2. The lowest BCUT2D eigenvalue weighted by Gasteiger charge is -2.02. The maximum absolute atomic E-state index is 10.2. The molecule has 0 aromatic rings. The van der Waals surface area contributed by atoms with Crippen LogP contribution in [0.25, 0.3) is 0 Å². The van der Waals surface area contributed by atoms with Crippen LogP contribution in [0, 0.1) is 0 Å². The Kier molecular flexibility index (Phi) is 5.86. The lowest BCUT2D eigenvalue weighted by molar-refractivity contribution is -0.104. The highest BCUT2D eigenvalue weighted by atomic mass is 35.5. The predicted molar refractivity (Wildman–Crippen MR) is 48.7 cm³/mol. The summed E-state index contributed by atoms with van der Waals surface area (Å²) in [6, 6.07) is 0. The van der Waals surface area contributed by atoms with E-state index in [9.17, 15) is 4.79 Å². The lowest BCUT2D eigenvalue weighted by atomic mass is 10.1. The third-order valence-electron chi connectivity index (χ3n) is 1.27. The van der Waals surface area contributed by atoms with Crippen molar-refractivity contribution in [3.05, 3.63) is 22.8 Å². The van der Waals surface area contributed by atoms with Gasteiger partial charge >= 0.3 is 0 Å². The molecular weight excluding hydrogens is 160 g/mol. The van der Waals surface area contributed by atoms with Crippen molar-refractivity contribution in [2.24, 2.45) is 0 Å². The molecule has 0 fully saturated rings. The first-order chi connectivity index (χ1) is 5.34. The van der Waals surface area contributed by atoms with E-state index in [2.05, 4.69) is 0 Å². The Labute approximate surface area is 72.7 Å². The van der Waals surface area contributed by atoms with E-state index >= 15 is 0 Å². The Hall–Kier alpha value is -0.560.